The number of carbonyl (C=O) groups is 2. The molecule has 6 heteroatoms. The van der Waals surface area contributed by atoms with Crippen LogP contribution in [0.2, 0.25) is 5.02 Å². The van der Waals surface area contributed by atoms with Gasteiger partial charge in [-0.15, -0.1) is 0 Å². The van der Waals surface area contributed by atoms with Crippen LogP contribution < -0.4 is 15.4 Å². The summed E-state index contributed by atoms with van der Waals surface area (Å²) in [5, 5.41) is 6.05. The lowest BCUT2D eigenvalue weighted by molar-refractivity contribution is -0.118. The van der Waals surface area contributed by atoms with E-state index in [0.717, 1.165) is 11.1 Å². The normalized spacial score (nSPS) is 10.3. The van der Waals surface area contributed by atoms with E-state index in [1.807, 2.05) is 32.0 Å². The minimum atomic E-state index is -0.264. The quantitative estimate of drug-likeness (QED) is 0.587. The highest BCUT2D eigenvalue weighted by atomic mass is 35.5. The number of hydrogen-bond donors (Lipinski definition) is 2. The Kier molecular flexibility index (Phi) is 6.52. The lowest BCUT2D eigenvalue weighted by Gasteiger charge is -2.10. The average Bonchev–Trinajstić information content (AvgIpc) is 2.67. The molecule has 2 N–H and O–H groups in total. The van der Waals surface area contributed by atoms with Crippen molar-refractivity contribution in [3.8, 4) is 5.75 Å². The number of benzene rings is 3. The predicted molar refractivity (Wildman–Crippen MR) is 116 cm³/mol. The number of halogens is 1. The maximum absolute atomic E-state index is 12.2. The molecule has 0 fully saturated rings. The molecule has 0 radical (unpaired) electrons. The fraction of sp³-hybridized carbons (Fsp3) is 0.130. The first-order valence-electron chi connectivity index (χ1n) is 9.07. The number of nitrogens with one attached hydrogen (secondary N) is 2. The summed E-state index contributed by atoms with van der Waals surface area (Å²) in [7, 11) is 0. The zero-order valence-electron chi connectivity index (χ0n) is 16.2. The summed E-state index contributed by atoms with van der Waals surface area (Å²) in [5.74, 6) is 0.141. The van der Waals surface area contributed by atoms with Gasteiger partial charge >= 0.3 is 0 Å². The van der Waals surface area contributed by atoms with Crippen molar-refractivity contribution in [3.63, 3.8) is 0 Å². The molecule has 5 nitrogen and oxygen atoms in total. The first-order valence-corrected chi connectivity index (χ1v) is 9.45. The van der Waals surface area contributed by atoms with Gasteiger partial charge in [0, 0.05) is 22.0 Å². The van der Waals surface area contributed by atoms with Gasteiger partial charge in [-0.1, -0.05) is 23.7 Å². The van der Waals surface area contributed by atoms with Gasteiger partial charge in [0.1, 0.15) is 5.75 Å². The molecule has 0 spiro atoms. The molecule has 0 aliphatic heterocycles. The van der Waals surface area contributed by atoms with Crippen molar-refractivity contribution in [2.75, 3.05) is 17.2 Å². The molecule has 0 saturated heterocycles. The van der Waals surface area contributed by atoms with Crippen molar-refractivity contribution in [2.45, 2.75) is 13.8 Å². The second-order valence-electron chi connectivity index (χ2n) is 6.70. The molecule has 3 aromatic rings. The third-order valence-electron chi connectivity index (χ3n) is 4.08. The van der Waals surface area contributed by atoms with E-state index in [2.05, 4.69) is 10.6 Å². The summed E-state index contributed by atoms with van der Waals surface area (Å²) >= 11 is 5.91. The van der Waals surface area contributed by atoms with E-state index >= 15 is 0 Å². The third-order valence-corrected chi connectivity index (χ3v) is 4.31. The Morgan fingerprint density at radius 3 is 2.10 bits per heavy atom. The van der Waals surface area contributed by atoms with Crippen LogP contribution in [0.25, 0.3) is 0 Å². The second kappa shape index (κ2) is 9.26. The van der Waals surface area contributed by atoms with Gasteiger partial charge in [0.05, 0.1) is 0 Å². The monoisotopic (exact) mass is 408 g/mol. The third kappa shape index (κ3) is 6.09. The number of aryl methyl sites for hydroxylation is 2. The van der Waals surface area contributed by atoms with E-state index in [-0.39, 0.29) is 18.4 Å². The van der Waals surface area contributed by atoms with Gasteiger partial charge in [-0.2, -0.15) is 0 Å². The Morgan fingerprint density at radius 2 is 1.48 bits per heavy atom. The molecule has 2 amide bonds. The lowest BCUT2D eigenvalue weighted by atomic mass is 10.1. The van der Waals surface area contributed by atoms with Crippen LogP contribution in [0.5, 0.6) is 5.75 Å². The molecular weight excluding hydrogens is 388 g/mol. The van der Waals surface area contributed by atoms with E-state index in [1.54, 1.807) is 48.5 Å². The van der Waals surface area contributed by atoms with Crippen LogP contribution >= 0.6 is 11.6 Å². The molecule has 0 aliphatic rings. The summed E-state index contributed by atoms with van der Waals surface area (Å²) in [6, 6.07) is 19.4. The Morgan fingerprint density at radius 1 is 0.862 bits per heavy atom. The van der Waals surface area contributed by atoms with Crippen molar-refractivity contribution >= 4 is 34.8 Å². The minimum Gasteiger partial charge on any atom is -0.484 e. The van der Waals surface area contributed by atoms with Gasteiger partial charge < -0.3 is 15.4 Å². The number of amides is 2. The highest BCUT2D eigenvalue weighted by Gasteiger charge is 2.08. The Bertz CT molecular complexity index is 1010. The van der Waals surface area contributed by atoms with Crippen molar-refractivity contribution in [2.24, 2.45) is 0 Å². The maximum atomic E-state index is 12.2. The number of rotatable bonds is 6. The van der Waals surface area contributed by atoms with E-state index in [4.69, 9.17) is 16.3 Å². The molecule has 0 aromatic heterocycles. The smallest absolute Gasteiger partial charge is 0.262 e. The standard InChI is InChI=1S/C23H21ClN2O3/c1-15-10-16(2)12-21(11-15)29-14-22(27)25-19-6-8-20(9-7-19)26-23(28)17-4-3-5-18(24)13-17/h3-13H,14H2,1-2H3,(H,25,27)(H,26,28). The SMILES string of the molecule is Cc1cc(C)cc(OCC(=O)Nc2ccc(NC(=O)c3cccc(Cl)c3)cc2)c1. The molecule has 29 heavy (non-hydrogen) atoms. The van der Waals surface area contributed by atoms with Gasteiger partial charge in [0.25, 0.3) is 11.8 Å². The summed E-state index contributed by atoms with van der Waals surface area (Å²) in [5.41, 5.74) is 3.85. The van der Waals surface area contributed by atoms with E-state index in [9.17, 15) is 9.59 Å². The fourth-order valence-corrected chi connectivity index (χ4v) is 3.02. The van der Waals surface area contributed by atoms with Gasteiger partial charge in [-0.3, -0.25) is 9.59 Å². The van der Waals surface area contributed by atoms with E-state index in [1.165, 1.54) is 0 Å². The van der Waals surface area contributed by atoms with Gasteiger partial charge in [-0.05, 0) is 79.6 Å². The molecule has 0 atom stereocenters. The number of anilines is 2. The van der Waals surface area contributed by atoms with Crippen LogP contribution in [0.3, 0.4) is 0 Å². The van der Waals surface area contributed by atoms with Crippen LogP contribution in [-0.2, 0) is 4.79 Å². The van der Waals surface area contributed by atoms with Crippen LogP contribution in [0, 0.1) is 13.8 Å². The van der Waals surface area contributed by atoms with Crippen molar-refractivity contribution < 1.29 is 14.3 Å². The molecule has 0 unspecified atom stereocenters. The average molecular weight is 409 g/mol. The van der Waals surface area contributed by atoms with E-state index in [0.29, 0.717) is 27.7 Å². The van der Waals surface area contributed by atoms with Crippen LogP contribution in [0.4, 0.5) is 11.4 Å². The minimum absolute atomic E-state index is 0.0872. The molecular formula is C23H21ClN2O3. The van der Waals surface area contributed by atoms with Crippen molar-refractivity contribution in [1.29, 1.82) is 0 Å². The van der Waals surface area contributed by atoms with Crippen LogP contribution in [-0.4, -0.2) is 18.4 Å². The molecule has 3 rings (SSSR count). The molecule has 148 valence electrons. The molecule has 3 aromatic carbocycles. The highest BCUT2D eigenvalue weighted by Crippen LogP contribution is 2.18. The van der Waals surface area contributed by atoms with Crippen LogP contribution in [0.15, 0.2) is 66.7 Å². The van der Waals surface area contributed by atoms with Gasteiger partial charge in [0.2, 0.25) is 0 Å². The highest BCUT2D eigenvalue weighted by molar-refractivity contribution is 6.31. The molecule has 0 heterocycles. The summed E-state index contributed by atoms with van der Waals surface area (Å²) in [6.45, 7) is 3.87. The Hall–Kier alpha value is -3.31. The molecule has 0 bridgehead atoms. The first kappa shape index (κ1) is 20.4. The van der Waals surface area contributed by atoms with Crippen LogP contribution in [0.1, 0.15) is 21.5 Å². The summed E-state index contributed by atoms with van der Waals surface area (Å²) < 4.78 is 5.56. The van der Waals surface area contributed by atoms with Crippen molar-refractivity contribution in [3.05, 3.63) is 88.4 Å². The van der Waals surface area contributed by atoms with Gasteiger partial charge in [-0.25, -0.2) is 0 Å². The second-order valence-corrected chi connectivity index (χ2v) is 7.14. The maximum Gasteiger partial charge on any atom is 0.262 e. The number of hydrogen-bond acceptors (Lipinski definition) is 3. The van der Waals surface area contributed by atoms with Crippen molar-refractivity contribution in [1.82, 2.24) is 0 Å². The number of ether oxygens (including phenoxy) is 1. The van der Waals surface area contributed by atoms with E-state index < -0.39 is 0 Å². The largest absolute Gasteiger partial charge is 0.484 e. The molecule has 0 saturated carbocycles. The zero-order chi connectivity index (χ0) is 20.8. The molecule has 0 aliphatic carbocycles. The summed E-state index contributed by atoms with van der Waals surface area (Å²) in [6.07, 6.45) is 0. The Labute approximate surface area is 174 Å². The Balaban J connectivity index is 1.53. The summed E-state index contributed by atoms with van der Waals surface area (Å²) in [4.78, 5) is 24.4. The van der Waals surface area contributed by atoms with Gasteiger partial charge in [0.15, 0.2) is 6.61 Å². The number of carbonyl (C=O) groups excluding carboxylic acids is 2. The topological polar surface area (TPSA) is 67.4 Å². The fourth-order valence-electron chi connectivity index (χ4n) is 2.83. The predicted octanol–water partition coefficient (Wildman–Crippen LogP) is 5.23. The first-order chi connectivity index (χ1) is 13.9. The lowest BCUT2D eigenvalue weighted by Crippen LogP contribution is -2.20. The zero-order valence-corrected chi connectivity index (χ0v) is 16.9.